The van der Waals surface area contributed by atoms with E-state index in [1.165, 1.54) is 34.7 Å². The van der Waals surface area contributed by atoms with E-state index in [0.29, 0.717) is 5.75 Å². The largest absolute Gasteiger partial charge is 0.744 e. The van der Waals surface area contributed by atoms with E-state index in [9.17, 15) is 18.1 Å². The van der Waals surface area contributed by atoms with E-state index in [-0.39, 0.29) is 22.3 Å². The number of anilines is 1. The second kappa shape index (κ2) is 15.8. The van der Waals surface area contributed by atoms with Crippen molar-refractivity contribution in [2.45, 2.75) is 76.2 Å². The van der Waals surface area contributed by atoms with Gasteiger partial charge in [-0.25, -0.2) is 8.42 Å². The third-order valence-corrected chi connectivity index (χ3v) is 12.1. The van der Waals surface area contributed by atoms with Gasteiger partial charge >= 0.3 is 0 Å². The van der Waals surface area contributed by atoms with Crippen molar-refractivity contribution in [3.8, 4) is 17.2 Å². The summed E-state index contributed by atoms with van der Waals surface area (Å²) in [5.74, 6) is 2.17. The van der Waals surface area contributed by atoms with Gasteiger partial charge in [-0.15, -0.1) is 0 Å². The summed E-state index contributed by atoms with van der Waals surface area (Å²) in [5.41, 5.74) is 10.5. The molecule has 9 nitrogen and oxygen atoms in total. The van der Waals surface area contributed by atoms with Crippen LogP contribution >= 0.6 is 11.6 Å². The average Bonchev–Trinajstić information content (AvgIpc) is 3.44. The first-order chi connectivity index (χ1) is 25.4. The summed E-state index contributed by atoms with van der Waals surface area (Å²) in [6.45, 7) is 10.7. The zero-order chi connectivity index (χ0) is 39.7. The number of fused-ring (bicyclic) bond motifs is 2. The Hall–Kier alpha value is -4.35. The molecule has 3 aromatic rings. The van der Waals surface area contributed by atoms with Gasteiger partial charge in [-0.1, -0.05) is 55.3 Å². The Bertz CT molecular complexity index is 2210. The predicted molar refractivity (Wildman–Crippen MR) is 215 cm³/mol. The summed E-state index contributed by atoms with van der Waals surface area (Å²) in [7, 11) is 4.90. The molecule has 54 heavy (non-hydrogen) atoms. The average molecular weight is 775 g/mol. The molecule has 0 saturated heterocycles. The van der Waals surface area contributed by atoms with Crippen molar-refractivity contribution in [1.82, 2.24) is 0 Å². The van der Waals surface area contributed by atoms with Gasteiger partial charge in [0.15, 0.2) is 17.2 Å². The van der Waals surface area contributed by atoms with E-state index >= 15 is 0 Å². The van der Waals surface area contributed by atoms with E-state index in [1.54, 1.807) is 33.5 Å². The Morgan fingerprint density at radius 2 is 1.52 bits per heavy atom. The summed E-state index contributed by atoms with van der Waals surface area (Å²) in [5, 5.41) is 10.7. The molecule has 0 amide bonds. The first-order valence-electron chi connectivity index (χ1n) is 17.8. The fourth-order valence-electron chi connectivity index (χ4n) is 7.64. The number of hydrogen-bond acceptors (Lipinski definition) is 8. The third-order valence-electron chi connectivity index (χ3n) is 10.8. The van der Waals surface area contributed by atoms with Crippen molar-refractivity contribution in [2.24, 2.45) is 0 Å². The summed E-state index contributed by atoms with van der Waals surface area (Å²) < 4.78 is 50.1. The highest BCUT2D eigenvalue weighted by Crippen LogP contribution is 2.50. The Kier molecular flexibility index (Phi) is 11.9. The Morgan fingerprint density at radius 3 is 2.11 bits per heavy atom. The molecule has 3 aliphatic rings. The van der Waals surface area contributed by atoms with Crippen molar-refractivity contribution in [1.29, 1.82) is 0 Å². The summed E-state index contributed by atoms with van der Waals surface area (Å²) in [6, 6.07) is 14.0. The minimum absolute atomic E-state index is 0.0589. The molecule has 11 heteroatoms. The maximum atomic E-state index is 10.4. The summed E-state index contributed by atoms with van der Waals surface area (Å²) >= 11 is 7.09. The number of nitrogens with zero attached hydrogens (tertiary/aromatic N) is 2. The molecular formula is C43H51ClN2O7S. The number of aliphatic hydroxyl groups is 1. The van der Waals surface area contributed by atoms with Crippen molar-refractivity contribution >= 4 is 38.8 Å². The first kappa shape index (κ1) is 40.8. The second-order valence-corrected chi connectivity index (χ2v) is 16.6. The molecule has 0 fully saturated rings. The fraction of sp³-hybridized carbons (Fsp3) is 0.372. The van der Waals surface area contributed by atoms with Crippen molar-refractivity contribution in [3.05, 3.63) is 117 Å². The van der Waals surface area contributed by atoms with Crippen LogP contribution < -0.4 is 19.1 Å². The smallest absolute Gasteiger partial charge is 0.213 e. The number of rotatable bonds is 8. The lowest BCUT2D eigenvalue weighted by atomic mass is 9.81. The van der Waals surface area contributed by atoms with Crippen LogP contribution in [0.3, 0.4) is 0 Å². The minimum atomic E-state index is -4.27. The first-order valence-corrected chi connectivity index (χ1v) is 19.6. The Labute approximate surface area is 325 Å². The van der Waals surface area contributed by atoms with Gasteiger partial charge in [0, 0.05) is 52.1 Å². The standard InChI is InChI=1S/C36H44ClN2O4.C7H8O3S/c1-35(2)25-17-24(21-40)29(41-7)19-27(25)38(5)32(35)15-13-22-11-10-12-23(34(22)37)14-16-33-36(3,4)26-18-30(42-8)31(43-9)20-28(26)39(33)6;1-6-2-4-7(5-3-6)11(8,9)10/h13-20,40H,10-12,21H2,1-9H3;2-5H,1H3,(H,8,9,10)/q+1;/p-1. The molecule has 0 saturated carbocycles. The molecule has 1 N–H and O–H groups in total. The van der Waals surface area contributed by atoms with E-state index in [4.69, 9.17) is 25.8 Å². The van der Waals surface area contributed by atoms with Crippen LogP contribution in [-0.2, 0) is 27.6 Å². The van der Waals surface area contributed by atoms with E-state index in [0.717, 1.165) is 69.4 Å². The van der Waals surface area contributed by atoms with Gasteiger partial charge < -0.3 is 28.8 Å². The number of aliphatic hydroxyl groups excluding tert-OH is 1. The molecular weight excluding hydrogens is 724 g/mol. The van der Waals surface area contributed by atoms with Gasteiger partial charge in [0.25, 0.3) is 0 Å². The lowest BCUT2D eigenvalue weighted by molar-refractivity contribution is -0.401. The molecule has 0 atom stereocenters. The lowest BCUT2D eigenvalue weighted by Crippen LogP contribution is -2.26. The number of hydrogen-bond donors (Lipinski definition) is 1. The predicted octanol–water partition coefficient (Wildman–Crippen LogP) is 8.58. The highest BCUT2D eigenvalue weighted by molar-refractivity contribution is 7.85. The number of halogens is 1. The molecule has 2 heterocycles. The SMILES string of the molecule is COc1cc2c(cc1CO)C(C)(C)C(=CC=C1CCCC(C=CC3=[N+](C)c4cc(OC)c(OC)cc4C3(C)C)=C1Cl)N2C.Cc1ccc(S(=O)(=O)[O-])cc1. The van der Waals surface area contributed by atoms with Crippen molar-refractivity contribution in [3.63, 3.8) is 0 Å². The number of allylic oxidation sites excluding steroid dienone is 8. The van der Waals surface area contributed by atoms with Gasteiger partial charge in [0.1, 0.15) is 22.9 Å². The van der Waals surface area contributed by atoms with Gasteiger partial charge in [0.05, 0.1) is 44.3 Å². The highest BCUT2D eigenvalue weighted by atomic mass is 35.5. The number of aryl methyl sites for hydroxylation is 1. The number of benzene rings is 3. The van der Waals surface area contributed by atoms with Crippen LogP contribution in [0.5, 0.6) is 17.2 Å². The van der Waals surface area contributed by atoms with Crippen molar-refractivity contribution in [2.75, 3.05) is 40.3 Å². The Morgan fingerprint density at radius 1 is 0.889 bits per heavy atom. The second-order valence-electron chi connectivity index (χ2n) is 14.9. The van der Waals surface area contributed by atoms with Gasteiger partial charge in [-0.05, 0) is 87.1 Å². The number of ether oxygens (including phenoxy) is 3. The van der Waals surface area contributed by atoms with Crippen LogP contribution in [0.25, 0.3) is 0 Å². The molecule has 288 valence electrons. The summed E-state index contributed by atoms with van der Waals surface area (Å²) in [4.78, 5) is 2.04. The zero-order valence-electron chi connectivity index (χ0n) is 32.8. The molecule has 0 unspecified atom stereocenters. The third kappa shape index (κ3) is 7.75. The lowest BCUT2D eigenvalue weighted by Gasteiger charge is -2.24. The van der Waals surface area contributed by atoms with Crippen LogP contribution in [0.15, 0.2) is 99.6 Å². The summed E-state index contributed by atoms with van der Waals surface area (Å²) in [6.07, 6.45) is 11.7. The zero-order valence-corrected chi connectivity index (χ0v) is 34.4. The van der Waals surface area contributed by atoms with E-state index in [1.807, 2.05) is 13.0 Å². The molecule has 0 radical (unpaired) electrons. The fourth-order valence-corrected chi connectivity index (χ4v) is 8.42. The van der Waals surface area contributed by atoms with E-state index in [2.05, 4.69) is 93.8 Å². The van der Waals surface area contributed by atoms with Gasteiger partial charge in [0.2, 0.25) is 5.69 Å². The van der Waals surface area contributed by atoms with Crippen LogP contribution in [0.2, 0.25) is 0 Å². The normalized spacial score (nSPS) is 18.9. The molecule has 0 bridgehead atoms. The molecule has 2 aliphatic heterocycles. The topological polar surface area (TPSA) is 111 Å². The highest BCUT2D eigenvalue weighted by Gasteiger charge is 2.44. The molecule has 1 aliphatic carbocycles. The molecule has 3 aromatic carbocycles. The molecule has 0 spiro atoms. The maximum Gasteiger partial charge on any atom is 0.213 e. The van der Waals surface area contributed by atoms with Gasteiger partial charge in [-0.3, -0.25) is 0 Å². The Balaban J connectivity index is 0.000000438. The monoisotopic (exact) mass is 774 g/mol. The maximum absolute atomic E-state index is 10.4. The van der Waals surface area contributed by atoms with Crippen LogP contribution in [0.4, 0.5) is 11.4 Å². The minimum Gasteiger partial charge on any atom is -0.744 e. The van der Waals surface area contributed by atoms with Crippen LogP contribution in [0.1, 0.15) is 69.2 Å². The number of methoxy groups -OCH3 is 3. The number of likely N-dealkylation sites (N-methyl/N-ethyl adjacent to an activating group) is 1. The quantitative estimate of drug-likeness (QED) is 0.179. The van der Waals surface area contributed by atoms with E-state index < -0.39 is 10.1 Å². The van der Waals surface area contributed by atoms with Crippen molar-refractivity contribution < 1.29 is 36.9 Å². The molecule has 0 aromatic heterocycles. The van der Waals surface area contributed by atoms with Crippen LogP contribution in [-0.4, -0.2) is 63.8 Å². The molecule has 6 rings (SSSR count). The van der Waals surface area contributed by atoms with Gasteiger partial charge in [-0.2, -0.15) is 4.58 Å². The van der Waals surface area contributed by atoms with Crippen LogP contribution in [0, 0.1) is 6.92 Å².